The first-order valence-electron chi connectivity index (χ1n) is 8.66. The molecule has 0 radical (unpaired) electrons. The van der Waals surface area contributed by atoms with Crippen LogP contribution in [-0.2, 0) is 9.53 Å². The molecule has 7 heteroatoms. The van der Waals surface area contributed by atoms with Crippen LogP contribution >= 0.6 is 15.9 Å². The van der Waals surface area contributed by atoms with Crippen molar-refractivity contribution in [2.75, 3.05) is 43.6 Å². The molecule has 0 amide bonds. The zero-order valence-corrected chi connectivity index (χ0v) is 16.8. The smallest absolute Gasteiger partial charge is 0.311 e. The second-order valence-corrected chi connectivity index (χ2v) is 7.47. The van der Waals surface area contributed by atoms with Crippen LogP contribution in [0.4, 0.5) is 11.6 Å². The standard InChI is InChI=1S/C19H23BrN4O2/c1-4-26-19(25)16-11-24(18-9-17(23(2)3)21-12-22-18)10-15(16)13-5-7-14(20)8-6-13/h5-9,12,15-16H,4,10-11H2,1-3H3/t15-,16+/m1/s1. The maximum atomic E-state index is 12.5. The molecule has 138 valence electrons. The molecule has 2 heterocycles. The average molecular weight is 419 g/mol. The summed E-state index contributed by atoms with van der Waals surface area (Å²) in [6.07, 6.45) is 1.57. The van der Waals surface area contributed by atoms with Gasteiger partial charge in [-0.2, -0.15) is 0 Å². The topological polar surface area (TPSA) is 58.6 Å². The number of carbonyl (C=O) groups is 1. The first-order valence-corrected chi connectivity index (χ1v) is 9.45. The summed E-state index contributed by atoms with van der Waals surface area (Å²) in [5.41, 5.74) is 1.13. The number of hydrogen-bond donors (Lipinski definition) is 0. The number of benzene rings is 1. The van der Waals surface area contributed by atoms with Crippen LogP contribution in [0.5, 0.6) is 0 Å². The van der Waals surface area contributed by atoms with Crippen molar-refractivity contribution in [3.8, 4) is 0 Å². The number of nitrogens with zero attached hydrogens (tertiary/aromatic N) is 4. The van der Waals surface area contributed by atoms with Gasteiger partial charge in [-0.05, 0) is 24.6 Å². The molecule has 0 aliphatic carbocycles. The van der Waals surface area contributed by atoms with Crippen LogP contribution in [0.15, 0.2) is 41.1 Å². The largest absolute Gasteiger partial charge is 0.466 e. The number of rotatable bonds is 5. The number of anilines is 2. The molecule has 6 nitrogen and oxygen atoms in total. The zero-order chi connectivity index (χ0) is 18.7. The molecule has 0 saturated carbocycles. The lowest BCUT2D eigenvalue weighted by atomic mass is 9.89. The van der Waals surface area contributed by atoms with E-state index < -0.39 is 0 Å². The summed E-state index contributed by atoms with van der Waals surface area (Å²) < 4.78 is 6.35. The Morgan fingerprint density at radius 3 is 2.65 bits per heavy atom. The quantitative estimate of drug-likeness (QED) is 0.695. The van der Waals surface area contributed by atoms with E-state index in [0.29, 0.717) is 13.2 Å². The van der Waals surface area contributed by atoms with Crippen molar-refractivity contribution in [3.05, 3.63) is 46.7 Å². The van der Waals surface area contributed by atoms with Crippen molar-refractivity contribution < 1.29 is 9.53 Å². The molecule has 0 unspecified atom stereocenters. The molecule has 1 aromatic heterocycles. The lowest BCUT2D eigenvalue weighted by Crippen LogP contribution is -2.26. The molecule has 0 bridgehead atoms. The van der Waals surface area contributed by atoms with E-state index in [1.54, 1.807) is 6.33 Å². The van der Waals surface area contributed by atoms with Crippen LogP contribution in [0.2, 0.25) is 0 Å². The van der Waals surface area contributed by atoms with Crippen molar-refractivity contribution >= 4 is 33.5 Å². The Hall–Kier alpha value is -2.15. The molecule has 1 fully saturated rings. The number of carbonyl (C=O) groups excluding carboxylic acids is 1. The van der Waals surface area contributed by atoms with Crippen LogP contribution in [0.25, 0.3) is 0 Å². The van der Waals surface area contributed by atoms with Gasteiger partial charge in [0, 0.05) is 43.6 Å². The molecule has 1 saturated heterocycles. The minimum absolute atomic E-state index is 0.0694. The van der Waals surface area contributed by atoms with Crippen LogP contribution in [0, 0.1) is 5.92 Å². The third kappa shape index (κ3) is 3.98. The van der Waals surface area contributed by atoms with Gasteiger partial charge in [0.05, 0.1) is 12.5 Å². The van der Waals surface area contributed by atoms with Gasteiger partial charge in [-0.15, -0.1) is 0 Å². The monoisotopic (exact) mass is 418 g/mol. The van der Waals surface area contributed by atoms with Crippen LogP contribution in [0.1, 0.15) is 18.4 Å². The molecule has 0 spiro atoms. The fourth-order valence-electron chi connectivity index (χ4n) is 3.28. The van der Waals surface area contributed by atoms with Gasteiger partial charge in [0.2, 0.25) is 0 Å². The fraction of sp³-hybridized carbons (Fsp3) is 0.421. The van der Waals surface area contributed by atoms with E-state index >= 15 is 0 Å². The molecule has 0 N–H and O–H groups in total. The zero-order valence-electron chi connectivity index (χ0n) is 15.2. The molecule has 26 heavy (non-hydrogen) atoms. The van der Waals surface area contributed by atoms with Crippen LogP contribution in [0.3, 0.4) is 0 Å². The lowest BCUT2D eigenvalue weighted by Gasteiger charge is -2.19. The second-order valence-electron chi connectivity index (χ2n) is 6.55. The van der Waals surface area contributed by atoms with Crippen LogP contribution in [-0.4, -0.2) is 49.7 Å². The molecule has 1 aliphatic rings. The normalized spacial score (nSPS) is 19.5. The first kappa shape index (κ1) is 18.6. The summed E-state index contributed by atoms with van der Waals surface area (Å²) in [5, 5.41) is 0. The Bertz CT molecular complexity index is 766. The minimum atomic E-state index is -0.214. The maximum Gasteiger partial charge on any atom is 0.311 e. The number of aromatic nitrogens is 2. The van der Waals surface area contributed by atoms with E-state index in [2.05, 4.69) is 42.9 Å². The van der Waals surface area contributed by atoms with Gasteiger partial charge in [-0.3, -0.25) is 4.79 Å². The molecule has 1 aromatic carbocycles. The summed E-state index contributed by atoms with van der Waals surface area (Å²) in [4.78, 5) is 25.3. The Kier molecular flexibility index (Phi) is 5.76. The second kappa shape index (κ2) is 8.03. The summed E-state index contributed by atoms with van der Waals surface area (Å²) in [7, 11) is 3.89. The van der Waals surface area contributed by atoms with Crippen molar-refractivity contribution in [1.29, 1.82) is 0 Å². The lowest BCUT2D eigenvalue weighted by molar-refractivity contribution is -0.147. The predicted molar refractivity (Wildman–Crippen MR) is 106 cm³/mol. The highest BCUT2D eigenvalue weighted by Gasteiger charge is 2.40. The number of ether oxygens (including phenoxy) is 1. The summed E-state index contributed by atoms with van der Waals surface area (Å²) in [5.74, 6) is 1.38. The van der Waals surface area contributed by atoms with Crippen molar-refractivity contribution in [1.82, 2.24) is 9.97 Å². The van der Waals surface area contributed by atoms with Crippen molar-refractivity contribution in [2.45, 2.75) is 12.8 Å². The number of halogens is 1. The van der Waals surface area contributed by atoms with Gasteiger partial charge in [0.1, 0.15) is 18.0 Å². The molecule has 1 aliphatic heterocycles. The van der Waals surface area contributed by atoms with Gasteiger partial charge in [0.15, 0.2) is 0 Å². The highest BCUT2D eigenvalue weighted by molar-refractivity contribution is 9.10. The molecule has 2 aromatic rings. The predicted octanol–water partition coefficient (Wildman–Crippen LogP) is 3.09. The van der Waals surface area contributed by atoms with E-state index in [1.807, 2.05) is 44.1 Å². The van der Waals surface area contributed by atoms with E-state index in [4.69, 9.17) is 4.74 Å². The van der Waals surface area contributed by atoms with E-state index in [1.165, 1.54) is 0 Å². The summed E-state index contributed by atoms with van der Waals surface area (Å²) in [6, 6.07) is 10.1. The molecule has 2 atom stereocenters. The molecular weight excluding hydrogens is 396 g/mol. The average Bonchev–Trinajstić information content (AvgIpc) is 3.08. The van der Waals surface area contributed by atoms with Crippen molar-refractivity contribution in [2.24, 2.45) is 5.92 Å². The minimum Gasteiger partial charge on any atom is -0.466 e. The van der Waals surface area contributed by atoms with Gasteiger partial charge < -0.3 is 14.5 Å². The Morgan fingerprint density at radius 1 is 1.27 bits per heavy atom. The van der Waals surface area contributed by atoms with Gasteiger partial charge >= 0.3 is 5.97 Å². The molecule has 3 rings (SSSR count). The van der Waals surface area contributed by atoms with Gasteiger partial charge in [-0.1, -0.05) is 28.1 Å². The van der Waals surface area contributed by atoms with Gasteiger partial charge in [-0.25, -0.2) is 9.97 Å². The maximum absolute atomic E-state index is 12.5. The highest BCUT2D eigenvalue weighted by atomic mass is 79.9. The SMILES string of the molecule is CCOC(=O)[C@H]1CN(c2cc(N(C)C)ncn2)C[C@@H]1c1ccc(Br)cc1. The van der Waals surface area contributed by atoms with E-state index in [0.717, 1.165) is 28.2 Å². The van der Waals surface area contributed by atoms with E-state index in [-0.39, 0.29) is 17.8 Å². The number of hydrogen-bond acceptors (Lipinski definition) is 6. The Labute approximate surface area is 162 Å². The molecular formula is C19H23BrN4O2. The third-order valence-corrected chi connectivity index (χ3v) is 5.16. The fourth-order valence-corrected chi connectivity index (χ4v) is 3.55. The summed E-state index contributed by atoms with van der Waals surface area (Å²) >= 11 is 3.47. The summed E-state index contributed by atoms with van der Waals surface area (Å²) in [6.45, 7) is 3.53. The van der Waals surface area contributed by atoms with Crippen LogP contribution < -0.4 is 9.80 Å². The number of esters is 1. The van der Waals surface area contributed by atoms with Gasteiger partial charge in [0.25, 0.3) is 0 Å². The highest BCUT2D eigenvalue weighted by Crippen LogP contribution is 2.36. The third-order valence-electron chi connectivity index (χ3n) is 4.63. The Balaban J connectivity index is 1.89. The van der Waals surface area contributed by atoms with E-state index in [9.17, 15) is 4.79 Å². The van der Waals surface area contributed by atoms with Crippen molar-refractivity contribution in [3.63, 3.8) is 0 Å². The Morgan fingerprint density at radius 2 is 2.00 bits per heavy atom. The first-order chi connectivity index (χ1) is 12.5.